The Balaban J connectivity index is 1.79. The number of nitrogens with zero attached hydrogens (tertiary/aromatic N) is 6. The number of pyridine rings is 1. The van der Waals surface area contributed by atoms with Gasteiger partial charge in [-0.1, -0.05) is 55.7 Å². The maximum Gasteiger partial charge on any atom is 0.336 e. The molecule has 0 fully saturated rings. The number of aromatic nitrogens is 5. The van der Waals surface area contributed by atoms with Crippen molar-refractivity contribution in [3.05, 3.63) is 102 Å². The molecule has 1 aromatic carbocycles. The molecule has 0 atom stereocenters. The zero-order valence-corrected chi connectivity index (χ0v) is 22.1. The summed E-state index contributed by atoms with van der Waals surface area (Å²) in [5, 5.41) is 21.9. The predicted octanol–water partition coefficient (Wildman–Crippen LogP) is 5.11. The molecule has 2 heterocycles. The summed E-state index contributed by atoms with van der Waals surface area (Å²) in [7, 11) is 3.59. The molecule has 3 aromatic rings. The average Bonchev–Trinajstić information content (AvgIpc) is 3.40. The molecule has 38 heavy (non-hydrogen) atoms. The van der Waals surface area contributed by atoms with Gasteiger partial charge in [0.05, 0.1) is 19.2 Å². The number of carbonyl (C=O) groups is 1. The van der Waals surface area contributed by atoms with Crippen LogP contribution in [-0.2, 0) is 17.9 Å². The van der Waals surface area contributed by atoms with Gasteiger partial charge in [-0.3, -0.25) is 0 Å². The van der Waals surface area contributed by atoms with Crippen molar-refractivity contribution in [2.45, 2.75) is 26.9 Å². The number of aliphatic carboxylic acids is 1. The van der Waals surface area contributed by atoms with Crippen LogP contribution in [0.15, 0.2) is 91.2 Å². The SMILES string of the molecule is C=C/C(Cn1nnc(-c2ccc(CN(C)c3ccc(C(/C=C\C)=C/C)cn3)c(OC)c2)n1)=C(\C=C)C(=O)O. The highest BCUT2D eigenvalue weighted by Crippen LogP contribution is 2.27. The minimum Gasteiger partial charge on any atom is -0.496 e. The Morgan fingerprint density at radius 3 is 2.55 bits per heavy atom. The number of benzene rings is 1. The summed E-state index contributed by atoms with van der Waals surface area (Å²) in [4.78, 5) is 19.4. The first-order chi connectivity index (χ1) is 18.3. The highest BCUT2D eigenvalue weighted by Gasteiger charge is 2.15. The number of carboxylic acid groups (broad SMARTS) is 1. The lowest BCUT2D eigenvalue weighted by molar-refractivity contribution is -0.132. The van der Waals surface area contributed by atoms with Gasteiger partial charge < -0.3 is 14.7 Å². The normalized spacial score (nSPS) is 12.3. The van der Waals surface area contributed by atoms with E-state index in [2.05, 4.69) is 51.8 Å². The second-order valence-corrected chi connectivity index (χ2v) is 8.33. The van der Waals surface area contributed by atoms with Gasteiger partial charge in [0, 0.05) is 30.9 Å². The van der Waals surface area contributed by atoms with E-state index in [1.807, 2.05) is 62.3 Å². The van der Waals surface area contributed by atoms with Gasteiger partial charge in [0.15, 0.2) is 0 Å². The molecule has 0 aliphatic rings. The molecule has 0 aliphatic heterocycles. The van der Waals surface area contributed by atoms with Gasteiger partial charge in [0.2, 0.25) is 5.82 Å². The molecule has 0 bridgehead atoms. The first-order valence-corrected chi connectivity index (χ1v) is 12.0. The number of hydrogen-bond donors (Lipinski definition) is 1. The molecule has 0 saturated heterocycles. The zero-order valence-electron chi connectivity index (χ0n) is 22.1. The van der Waals surface area contributed by atoms with Crippen LogP contribution in [0.5, 0.6) is 5.75 Å². The number of methoxy groups -OCH3 is 1. The molecule has 0 radical (unpaired) electrons. The number of carboxylic acids is 1. The summed E-state index contributed by atoms with van der Waals surface area (Å²) in [5.41, 5.74) is 4.34. The Bertz CT molecular complexity index is 1400. The van der Waals surface area contributed by atoms with E-state index in [1.165, 1.54) is 16.9 Å². The molecule has 9 nitrogen and oxygen atoms in total. The molecule has 0 saturated carbocycles. The third-order valence-corrected chi connectivity index (χ3v) is 5.87. The fraction of sp³-hybridized carbons (Fsp3) is 0.207. The average molecular weight is 513 g/mol. The van der Waals surface area contributed by atoms with Crippen LogP contribution in [-0.4, -0.2) is 50.4 Å². The first kappa shape index (κ1) is 27.8. The molecular weight excluding hydrogens is 480 g/mol. The Hall–Kier alpha value is -4.79. The number of ether oxygens (including phenoxy) is 1. The maximum atomic E-state index is 11.4. The first-order valence-electron chi connectivity index (χ1n) is 12.0. The molecule has 0 amide bonds. The number of rotatable bonds is 12. The second kappa shape index (κ2) is 13.0. The number of hydrogen-bond acceptors (Lipinski definition) is 7. The van der Waals surface area contributed by atoms with Crippen LogP contribution in [0.3, 0.4) is 0 Å². The van der Waals surface area contributed by atoms with Gasteiger partial charge in [-0.25, -0.2) is 9.78 Å². The van der Waals surface area contributed by atoms with Crippen molar-refractivity contribution in [2.75, 3.05) is 19.1 Å². The zero-order chi connectivity index (χ0) is 27.7. The minimum atomic E-state index is -1.09. The van der Waals surface area contributed by atoms with Gasteiger partial charge in [-0.2, -0.15) is 4.80 Å². The summed E-state index contributed by atoms with van der Waals surface area (Å²) in [6.45, 7) is 11.9. The summed E-state index contributed by atoms with van der Waals surface area (Å²) in [6.07, 6.45) is 10.7. The van der Waals surface area contributed by atoms with E-state index in [1.54, 1.807) is 7.11 Å². The van der Waals surface area contributed by atoms with Crippen molar-refractivity contribution < 1.29 is 14.6 Å². The fourth-order valence-electron chi connectivity index (χ4n) is 3.87. The predicted molar refractivity (Wildman–Crippen MR) is 150 cm³/mol. The third-order valence-electron chi connectivity index (χ3n) is 5.87. The van der Waals surface area contributed by atoms with E-state index in [9.17, 15) is 9.90 Å². The van der Waals surface area contributed by atoms with Crippen molar-refractivity contribution in [1.82, 2.24) is 25.2 Å². The summed E-state index contributed by atoms with van der Waals surface area (Å²) >= 11 is 0. The Kier molecular flexibility index (Phi) is 9.48. The van der Waals surface area contributed by atoms with Crippen molar-refractivity contribution in [2.24, 2.45) is 0 Å². The van der Waals surface area contributed by atoms with E-state index in [4.69, 9.17) is 4.74 Å². The van der Waals surface area contributed by atoms with Crippen molar-refractivity contribution in [3.8, 4) is 17.1 Å². The van der Waals surface area contributed by atoms with Gasteiger partial charge >= 0.3 is 5.97 Å². The molecule has 0 aliphatic carbocycles. The van der Waals surface area contributed by atoms with Gasteiger partial charge in [-0.15, -0.1) is 10.2 Å². The van der Waals surface area contributed by atoms with E-state index in [0.29, 0.717) is 23.7 Å². The van der Waals surface area contributed by atoms with Crippen LogP contribution in [0.4, 0.5) is 5.82 Å². The lowest BCUT2D eigenvalue weighted by Gasteiger charge is -2.20. The number of anilines is 1. The van der Waals surface area contributed by atoms with Crippen LogP contribution in [0.25, 0.3) is 17.0 Å². The molecular formula is C29H32N6O3. The molecule has 0 unspecified atom stereocenters. The van der Waals surface area contributed by atoms with Crippen LogP contribution in [0.1, 0.15) is 25.0 Å². The lowest BCUT2D eigenvalue weighted by Crippen LogP contribution is -2.18. The molecule has 3 rings (SSSR count). The Morgan fingerprint density at radius 1 is 1.18 bits per heavy atom. The van der Waals surface area contributed by atoms with Crippen molar-refractivity contribution in [1.29, 1.82) is 0 Å². The van der Waals surface area contributed by atoms with Crippen molar-refractivity contribution >= 4 is 17.4 Å². The highest BCUT2D eigenvalue weighted by molar-refractivity contribution is 5.91. The summed E-state index contributed by atoms with van der Waals surface area (Å²) in [6, 6.07) is 9.77. The van der Waals surface area contributed by atoms with Crippen LogP contribution in [0.2, 0.25) is 0 Å². The monoisotopic (exact) mass is 512 g/mol. The Morgan fingerprint density at radius 2 is 1.97 bits per heavy atom. The fourth-order valence-corrected chi connectivity index (χ4v) is 3.87. The van der Waals surface area contributed by atoms with E-state index < -0.39 is 5.97 Å². The van der Waals surface area contributed by atoms with Gasteiger partial charge in [0.25, 0.3) is 0 Å². The third kappa shape index (κ3) is 6.50. The quantitative estimate of drug-likeness (QED) is 0.264. The summed E-state index contributed by atoms with van der Waals surface area (Å²) < 4.78 is 5.66. The highest BCUT2D eigenvalue weighted by atomic mass is 16.5. The smallest absolute Gasteiger partial charge is 0.336 e. The summed E-state index contributed by atoms with van der Waals surface area (Å²) in [5.74, 6) is 0.813. The standard InChI is InChI=1S/C29H32N6O3/c1-7-11-20(8-2)23-14-15-27(30-17-23)34(5)18-24-13-12-22(16-26(24)38-6)28-31-33-35(32-28)19-21(9-3)25(10-4)29(36)37/h7-17H,3-4,18-19H2,1-2,5-6H3,(H,36,37)/b11-7-,20-8+,25-21-. The molecule has 1 N–H and O–H groups in total. The lowest BCUT2D eigenvalue weighted by atomic mass is 10.1. The van der Waals surface area contributed by atoms with Gasteiger partial charge in [0.1, 0.15) is 11.6 Å². The topological polar surface area (TPSA) is 106 Å². The number of tetrazole rings is 1. The second-order valence-electron chi connectivity index (χ2n) is 8.33. The maximum absolute atomic E-state index is 11.4. The van der Waals surface area contributed by atoms with Crippen molar-refractivity contribution in [3.63, 3.8) is 0 Å². The number of allylic oxidation sites excluding steroid dienone is 6. The van der Waals surface area contributed by atoms with Gasteiger partial charge in [-0.05, 0) is 54.0 Å². The molecule has 9 heteroatoms. The minimum absolute atomic E-state index is 0.0400. The van der Waals surface area contributed by atoms with Crippen LogP contribution < -0.4 is 9.64 Å². The van der Waals surface area contributed by atoms with E-state index in [-0.39, 0.29) is 12.1 Å². The van der Waals surface area contributed by atoms with E-state index in [0.717, 1.165) is 28.1 Å². The van der Waals surface area contributed by atoms with Crippen LogP contribution >= 0.6 is 0 Å². The van der Waals surface area contributed by atoms with Crippen LogP contribution in [0, 0.1) is 0 Å². The molecule has 2 aromatic heterocycles. The van der Waals surface area contributed by atoms with E-state index >= 15 is 0 Å². The molecule has 196 valence electrons. The molecule has 0 spiro atoms. The Labute approximate surface area is 222 Å². The largest absolute Gasteiger partial charge is 0.496 e.